The van der Waals surface area contributed by atoms with E-state index in [1.54, 1.807) is 25.2 Å². The lowest BCUT2D eigenvalue weighted by Gasteiger charge is -2.19. The zero-order valence-corrected chi connectivity index (χ0v) is 20.4. The van der Waals surface area contributed by atoms with Gasteiger partial charge in [-0.15, -0.1) is 24.0 Å². The topological polar surface area (TPSA) is 88.8 Å². The van der Waals surface area contributed by atoms with Gasteiger partial charge in [0.05, 0.1) is 14.2 Å². The van der Waals surface area contributed by atoms with Crippen molar-refractivity contribution in [2.75, 3.05) is 33.9 Å². The van der Waals surface area contributed by atoms with Gasteiger partial charge in [0.2, 0.25) is 0 Å². The van der Waals surface area contributed by atoms with Crippen LogP contribution in [0.15, 0.2) is 29.5 Å². The van der Waals surface area contributed by atoms with Crippen molar-refractivity contribution in [1.82, 2.24) is 30.3 Å². The number of aromatic nitrogens is 3. The van der Waals surface area contributed by atoms with E-state index in [9.17, 15) is 0 Å². The lowest BCUT2D eigenvalue weighted by atomic mass is 10.2. The van der Waals surface area contributed by atoms with Crippen molar-refractivity contribution in [3.05, 3.63) is 35.9 Å². The molecule has 0 spiro atoms. The summed E-state index contributed by atoms with van der Waals surface area (Å²) in [6.07, 6.45) is 2.61. The molecule has 0 saturated carbocycles. The number of benzene rings is 1. The Bertz CT molecular complexity index is 805. The fraction of sp³-hybridized carbons (Fsp3) is 0.550. The molecule has 10 heteroatoms. The van der Waals surface area contributed by atoms with Crippen molar-refractivity contribution in [2.24, 2.45) is 12.0 Å². The minimum absolute atomic E-state index is 0. The first-order valence-corrected chi connectivity index (χ1v) is 9.93. The van der Waals surface area contributed by atoms with Crippen LogP contribution in [0, 0.1) is 0 Å². The monoisotopic (exact) mass is 529 g/mol. The number of aryl methyl sites for hydroxylation is 1. The van der Waals surface area contributed by atoms with Gasteiger partial charge in [-0.1, -0.05) is 0 Å². The molecule has 1 fully saturated rings. The first kappa shape index (κ1) is 24.2. The summed E-state index contributed by atoms with van der Waals surface area (Å²) in [5.41, 5.74) is 1.18. The van der Waals surface area contributed by atoms with Gasteiger partial charge in [0, 0.05) is 45.3 Å². The van der Waals surface area contributed by atoms with E-state index in [-0.39, 0.29) is 24.0 Å². The lowest BCUT2D eigenvalue weighted by Crippen LogP contribution is -2.44. The fourth-order valence-corrected chi connectivity index (χ4v) is 3.44. The molecule has 1 atom stereocenters. The minimum atomic E-state index is 0. The Kier molecular flexibility index (Phi) is 9.63. The highest BCUT2D eigenvalue weighted by Crippen LogP contribution is 2.24. The van der Waals surface area contributed by atoms with Gasteiger partial charge < -0.3 is 20.1 Å². The molecule has 2 heterocycles. The largest absolute Gasteiger partial charge is 0.497 e. The van der Waals surface area contributed by atoms with Crippen LogP contribution in [-0.2, 0) is 20.1 Å². The fourth-order valence-electron chi connectivity index (χ4n) is 3.44. The van der Waals surface area contributed by atoms with E-state index in [4.69, 9.17) is 9.47 Å². The summed E-state index contributed by atoms with van der Waals surface area (Å²) in [7, 11) is 5.23. The number of rotatable bonds is 8. The molecular weight excluding hydrogens is 497 g/mol. The van der Waals surface area contributed by atoms with Crippen molar-refractivity contribution in [1.29, 1.82) is 0 Å². The van der Waals surface area contributed by atoms with E-state index < -0.39 is 0 Å². The number of hydrogen-bond acceptors (Lipinski definition) is 6. The van der Waals surface area contributed by atoms with E-state index in [1.807, 2.05) is 13.1 Å². The summed E-state index contributed by atoms with van der Waals surface area (Å²) < 4.78 is 12.5. The van der Waals surface area contributed by atoms with Crippen molar-refractivity contribution >= 4 is 29.9 Å². The van der Waals surface area contributed by atoms with Crippen LogP contribution in [0.3, 0.4) is 0 Å². The predicted octanol–water partition coefficient (Wildman–Crippen LogP) is 1.78. The average Bonchev–Trinajstić information content (AvgIpc) is 3.34. The number of ether oxygens (including phenoxy) is 2. The number of likely N-dealkylation sites (tertiary alicyclic amines) is 1. The zero-order valence-electron chi connectivity index (χ0n) is 18.1. The van der Waals surface area contributed by atoms with Crippen LogP contribution in [-0.4, -0.2) is 65.5 Å². The van der Waals surface area contributed by atoms with Gasteiger partial charge in [0.15, 0.2) is 5.96 Å². The highest BCUT2D eigenvalue weighted by molar-refractivity contribution is 14.0. The third-order valence-electron chi connectivity index (χ3n) is 4.96. The van der Waals surface area contributed by atoms with Crippen molar-refractivity contribution in [3.63, 3.8) is 0 Å². The Morgan fingerprint density at radius 3 is 2.57 bits per heavy atom. The number of guanidine groups is 1. The maximum absolute atomic E-state index is 5.38. The number of hydrogen-bond donors (Lipinski definition) is 2. The van der Waals surface area contributed by atoms with E-state index in [2.05, 4.69) is 49.7 Å². The van der Waals surface area contributed by atoms with Crippen LogP contribution < -0.4 is 20.1 Å². The maximum Gasteiger partial charge on any atom is 0.191 e. The van der Waals surface area contributed by atoms with Gasteiger partial charge in [-0.25, -0.2) is 9.98 Å². The number of nitrogens with zero attached hydrogens (tertiary/aromatic N) is 5. The van der Waals surface area contributed by atoms with Crippen LogP contribution in [0.1, 0.15) is 24.7 Å². The minimum Gasteiger partial charge on any atom is -0.497 e. The Morgan fingerprint density at radius 1 is 1.23 bits per heavy atom. The van der Waals surface area contributed by atoms with Gasteiger partial charge in [0.1, 0.15) is 30.2 Å². The van der Waals surface area contributed by atoms with Crippen LogP contribution in [0.25, 0.3) is 0 Å². The normalized spacial score (nSPS) is 16.8. The Balaban J connectivity index is 0.00000320. The summed E-state index contributed by atoms with van der Waals surface area (Å²) in [5, 5.41) is 11.0. The molecule has 1 aliphatic heterocycles. The molecule has 0 radical (unpaired) electrons. The van der Waals surface area contributed by atoms with E-state index in [0.29, 0.717) is 12.6 Å². The molecule has 2 aromatic rings. The Labute approximate surface area is 195 Å². The summed E-state index contributed by atoms with van der Waals surface area (Å²) in [5.74, 6) is 3.28. The first-order valence-electron chi connectivity index (χ1n) is 9.93. The number of methoxy groups -OCH3 is 2. The molecule has 1 saturated heterocycles. The molecule has 1 aliphatic rings. The number of nitrogens with one attached hydrogen (secondary N) is 2. The quantitative estimate of drug-likeness (QED) is 0.306. The standard InChI is InChI=1S/C20H31N7O2.HI/c1-5-21-20(22-11-19-23-14-24-26(19)2)25-16-6-7-27(13-16)12-15-8-17(28-3)10-18(9-15)29-4;/h8-10,14,16H,5-7,11-13H2,1-4H3,(H2,21,22,25);1H. The number of halogens is 1. The summed E-state index contributed by atoms with van der Waals surface area (Å²) in [6, 6.07) is 6.37. The van der Waals surface area contributed by atoms with Gasteiger partial charge >= 0.3 is 0 Å². The molecule has 9 nitrogen and oxygen atoms in total. The molecule has 1 unspecified atom stereocenters. The van der Waals surface area contributed by atoms with Crippen molar-refractivity contribution in [2.45, 2.75) is 32.5 Å². The van der Waals surface area contributed by atoms with Crippen LogP contribution >= 0.6 is 24.0 Å². The second-order valence-electron chi connectivity index (χ2n) is 7.08. The van der Waals surface area contributed by atoms with E-state index >= 15 is 0 Å². The third-order valence-corrected chi connectivity index (χ3v) is 4.96. The highest BCUT2D eigenvalue weighted by Gasteiger charge is 2.23. The average molecular weight is 529 g/mol. The summed E-state index contributed by atoms with van der Waals surface area (Å²) >= 11 is 0. The van der Waals surface area contributed by atoms with Crippen LogP contribution in [0.4, 0.5) is 0 Å². The molecule has 0 aliphatic carbocycles. The van der Waals surface area contributed by atoms with Gasteiger partial charge in [0.25, 0.3) is 0 Å². The van der Waals surface area contributed by atoms with E-state index in [0.717, 1.165) is 55.9 Å². The van der Waals surface area contributed by atoms with Gasteiger partial charge in [-0.05, 0) is 31.0 Å². The zero-order chi connectivity index (χ0) is 20.6. The third kappa shape index (κ3) is 6.73. The molecule has 0 bridgehead atoms. The molecular formula is C20H32IN7O2. The van der Waals surface area contributed by atoms with Crippen molar-refractivity contribution in [3.8, 4) is 11.5 Å². The molecule has 3 rings (SSSR count). The second-order valence-corrected chi connectivity index (χ2v) is 7.08. The molecule has 2 N–H and O–H groups in total. The Hall–Kier alpha value is -2.08. The SMILES string of the molecule is CCNC(=NCc1ncnn1C)NC1CCN(Cc2cc(OC)cc(OC)c2)C1.I. The maximum atomic E-state index is 5.38. The molecule has 30 heavy (non-hydrogen) atoms. The van der Waals surface area contributed by atoms with Crippen LogP contribution in [0.2, 0.25) is 0 Å². The van der Waals surface area contributed by atoms with E-state index in [1.165, 1.54) is 5.56 Å². The molecule has 166 valence electrons. The smallest absolute Gasteiger partial charge is 0.191 e. The Morgan fingerprint density at radius 2 is 1.97 bits per heavy atom. The number of aliphatic imine (C=N–C) groups is 1. The molecule has 1 aromatic carbocycles. The van der Waals surface area contributed by atoms with Crippen molar-refractivity contribution < 1.29 is 9.47 Å². The molecule has 0 amide bonds. The van der Waals surface area contributed by atoms with Gasteiger partial charge in [-0.2, -0.15) is 5.10 Å². The molecule has 1 aromatic heterocycles. The highest BCUT2D eigenvalue weighted by atomic mass is 127. The lowest BCUT2D eigenvalue weighted by molar-refractivity contribution is 0.321. The second kappa shape index (κ2) is 11.9. The predicted molar refractivity (Wildman–Crippen MR) is 128 cm³/mol. The van der Waals surface area contributed by atoms with Gasteiger partial charge in [-0.3, -0.25) is 9.58 Å². The van der Waals surface area contributed by atoms with Crippen LogP contribution in [0.5, 0.6) is 11.5 Å². The summed E-state index contributed by atoms with van der Waals surface area (Å²) in [6.45, 7) is 6.21. The summed E-state index contributed by atoms with van der Waals surface area (Å²) in [4.78, 5) is 11.3. The first-order chi connectivity index (χ1) is 14.1.